The van der Waals surface area contributed by atoms with Gasteiger partial charge in [0, 0.05) is 0 Å². The van der Waals surface area contributed by atoms with Crippen molar-refractivity contribution < 1.29 is 19.4 Å². The van der Waals surface area contributed by atoms with Crippen LogP contribution >= 0.6 is 15.9 Å². The maximum atomic E-state index is 12.3. The molecule has 2 aromatic rings. The summed E-state index contributed by atoms with van der Waals surface area (Å²) in [6.07, 6.45) is 3.08. The lowest BCUT2D eigenvalue weighted by molar-refractivity contribution is 0.104. The highest BCUT2D eigenvalue weighted by Gasteiger charge is 2.12. The molecule has 2 aromatic carbocycles. The first-order chi connectivity index (χ1) is 11.0. The fraction of sp³-hybridized carbons (Fsp3) is 0.167. The van der Waals surface area contributed by atoms with Gasteiger partial charge in [-0.25, -0.2) is 0 Å². The number of phenols is 1. The molecule has 0 bridgehead atoms. The Morgan fingerprint density at radius 3 is 2.57 bits per heavy atom. The lowest BCUT2D eigenvalue weighted by atomic mass is 10.1. The summed E-state index contributed by atoms with van der Waals surface area (Å²) in [4.78, 5) is 12.3. The van der Waals surface area contributed by atoms with Gasteiger partial charge in [-0.1, -0.05) is 11.6 Å². The minimum absolute atomic E-state index is 0.0309. The Balaban J connectivity index is 2.33. The fourth-order valence-electron chi connectivity index (χ4n) is 2.14. The van der Waals surface area contributed by atoms with Crippen LogP contribution in [0.3, 0.4) is 0 Å². The van der Waals surface area contributed by atoms with Crippen LogP contribution in [0.5, 0.6) is 17.2 Å². The monoisotopic (exact) mass is 376 g/mol. The molecule has 0 radical (unpaired) electrons. The highest BCUT2D eigenvalue weighted by molar-refractivity contribution is 9.10. The number of carbonyl (C=O) groups is 1. The van der Waals surface area contributed by atoms with Crippen molar-refractivity contribution in [1.82, 2.24) is 0 Å². The van der Waals surface area contributed by atoms with Crippen LogP contribution in [-0.4, -0.2) is 25.1 Å². The van der Waals surface area contributed by atoms with Crippen molar-refractivity contribution in [3.8, 4) is 17.2 Å². The van der Waals surface area contributed by atoms with E-state index in [0.717, 1.165) is 11.1 Å². The summed E-state index contributed by atoms with van der Waals surface area (Å²) in [6.45, 7) is 1.87. The number of benzene rings is 2. The van der Waals surface area contributed by atoms with Crippen LogP contribution in [0.15, 0.2) is 40.9 Å². The number of aryl methyl sites for hydroxylation is 1. The number of halogens is 1. The number of carbonyl (C=O) groups excluding carboxylic acids is 1. The van der Waals surface area contributed by atoms with Crippen molar-refractivity contribution in [1.29, 1.82) is 0 Å². The van der Waals surface area contributed by atoms with Crippen LogP contribution in [0, 0.1) is 6.92 Å². The van der Waals surface area contributed by atoms with Gasteiger partial charge in [0.25, 0.3) is 0 Å². The van der Waals surface area contributed by atoms with Gasteiger partial charge in [0.15, 0.2) is 17.3 Å². The van der Waals surface area contributed by atoms with Crippen LogP contribution < -0.4 is 9.47 Å². The molecule has 0 fully saturated rings. The quantitative estimate of drug-likeness (QED) is 0.621. The molecule has 0 atom stereocenters. The summed E-state index contributed by atoms with van der Waals surface area (Å²) >= 11 is 3.45. The molecule has 120 valence electrons. The molecule has 4 nitrogen and oxygen atoms in total. The summed E-state index contributed by atoms with van der Waals surface area (Å²) in [5, 5.41) is 9.81. The Bertz CT molecular complexity index is 766. The first-order valence-electron chi connectivity index (χ1n) is 6.90. The van der Waals surface area contributed by atoms with E-state index < -0.39 is 0 Å². The topological polar surface area (TPSA) is 55.8 Å². The molecule has 0 amide bonds. The van der Waals surface area contributed by atoms with E-state index in [0.29, 0.717) is 16.0 Å². The van der Waals surface area contributed by atoms with E-state index >= 15 is 0 Å². The fourth-order valence-corrected chi connectivity index (χ4v) is 2.76. The molecule has 0 aliphatic heterocycles. The van der Waals surface area contributed by atoms with E-state index in [1.165, 1.54) is 12.1 Å². The van der Waals surface area contributed by atoms with E-state index in [2.05, 4.69) is 15.9 Å². The molecule has 23 heavy (non-hydrogen) atoms. The molecule has 0 spiro atoms. The number of allylic oxidation sites excluding steroid dienone is 1. The van der Waals surface area contributed by atoms with Gasteiger partial charge in [0.05, 0.1) is 24.3 Å². The number of hydrogen-bond donors (Lipinski definition) is 1. The number of aromatic hydroxyl groups is 1. The smallest absolute Gasteiger partial charge is 0.189 e. The van der Waals surface area contributed by atoms with E-state index in [1.54, 1.807) is 38.5 Å². The zero-order valence-electron chi connectivity index (χ0n) is 13.1. The number of hydrogen-bond acceptors (Lipinski definition) is 4. The number of rotatable bonds is 5. The largest absolute Gasteiger partial charge is 0.507 e. The van der Waals surface area contributed by atoms with Crippen molar-refractivity contribution in [2.45, 2.75) is 6.92 Å². The van der Waals surface area contributed by atoms with E-state index in [-0.39, 0.29) is 17.1 Å². The molecule has 0 saturated carbocycles. The van der Waals surface area contributed by atoms with Crippen LogP contribution in [-0.2, 0) is 0 Å². The third-order valence-corrected chi connectivity index (χ3v) is 4.16. The molecule has 2 rings (SSSR count). The van der Waals surface area contributed by atoms with Crippen molar-refractivity contribution in [2.75, 3.05) is 14.2 Å². The Labute approximate surface area is 143 Å². The summed E-state index contributed by atoms with van der Waals surface area (Å²) < 4.78 is 11.2. The SMILES string of the molecule is COc1ccc(/C=C/C(=O)c2cc(C)ccc2O)c(Br)c1OC. The summed E-state index contributed by atoms with van der Waals surface area (Å²) in [5.41, 5.74) is 1.95. The maximum Gasteiger partial charge on any atom is 0.189 e. The van der Waals surface area contributed by atoms with Gasteiger partial charge >= 0.3 is 0 Å². The zero-order chi connectivity index (χ0) is 17.0. The molecule has 0 heterocycles. The van der Waals surface area contributed by atoms with E-state index in [4.69, 9.17) is 9.47 Å². The average molecular weight is 377 g/mol. The number of methoxy groups -OCH3 is 2. The van der Waals surface area contributed by atoms with Gasteiger partial charge in [-0.15, -0.1) is 0 Å². The Morgan fingerprint density at radius 2 is 1.91 bits per heavy atom. The first-order valence-corrected chi connectivity index (χ1v) is 7.69. The normalized spacial score (nSPS) is 10.8. The minimum Gasteiger partial charge on any atom is -0.507 e. The maximum absolute atomic E-state index is 12.3. The standard InChI is InChI=1S/C18H17BrO4/c1-11-4-7-14(20)13(10-11)15(21)8-5-12-6-9-16(22-2)18(23-3)17(12)19/h4-10,20H,1-3H3/b8-5+. The van der Waals surface area contributed by atoms with Gasteiger partial charge in [-0.05, 0) is 64.8 Å². The molecular weight excluding hydrogens is 360 g/mol. The Hall–Kier alpha value is -2.27. The highest BCUT2D eigenvalue weighted by Crippen LogP contribution is 2.38. The molecule has 0 aromatic heterocycles. The number of ketones is 1. The second-order valence-corrected chi connectivity index (χ2v) is 5.72. The van der Waals surface area contributed by atoms with Crippen LogP contribution in [0.1, 0.15) is 21.5 Å². The third-order valence-electron chi connectivity index (χ3n) is 3.35. The summed E-state index contributed by atoms with van der Waals surface area (Å²) in [6, 6.07) is 8.50. The van der Waals surface area contributed by atoms with Crippen LogP contribution in [0.4, 0.5) is 0 Å². The lowest BCUT2D eigenvalue weighted by Gasteiger charge is -2.11. The first kappa shape index (κ1) is 17.1. The van der Waals surface area contributed by atoms with Crippen LogP contribution in [0.25, 0.3) is 6.08 Å². The third kappa shape index (κ3) is 3.74. The summed E-state index contributed by atoms with van der Waals surface area (Å²) in [7, 11) is 3.11. The van der Waals surface area contributed by atoms with Gasteiger partial charge in [0.2, 0.25) is 0 Å². The molecular formula is C18H17BrO4. The molecule has 0 aliphatic carbocycles. The van der Waals surface area contributed by atoms with Crippen LogP contribution in [0.2, 0.25) is 0 Å². The van der Waals surface area contributed by atoms with Crippen molar-refractivity contribution >= 4 is 27.8 Å². The predicted octanol–water partition coefficient (Wildman–Crippen LogP) is 4.38. The molecule has 0 aliphatic rings. The lowest BCUT2D eigenvalue weighted by Crippen LogP contribution is -1.96. The second-order valence-electron chi connectivity index (χ2n) is 4.92. The number of phenolic OH excluding ortho intramolecular Hbond substituents is 1. The van der Waals surface area contributed by atoms with Gasteiger partial charge in [0.1, 0.15) is 5.75 Å². The van der Waals surface area contributed by atoms with Gasteiger partial charge in [-0.3, -0.25) is 4.79 Å². The predicted molar refractivity (Wildman–Crippen MR) is 93.5 cm³/mol. The molecule has 0 saturated heterocycles. The average Bonchev–Trinajstić information content (AvgIpc) is 2.55. The van der Waals surface area contributed by atoms with Gasteiger partial charge in [-0.2, -0.15) is 0 Å². The van der Waals surface area contributed by atoms with E-state index in [1.807, 2.05) is 13.0 Å². The minimum atomic E-state index is -0.270. The molecule has 1 N–H and O–H groups in total. The summed E-state index contributed by atoms with van der Waals surface area (Å²) in [5.74, 6) is 0.851. The second kappa shape index (κ2) is 7.33. The molecule has 5 heteroatoms. The van der Waals surface area contributed by atoms with Crippen molar-refractivity contribution in [3.05, 3.63) is 57.6 Å². The Morgan fingerprint density at radius 1 is 1.17 bits per heavy atom. The van der Waals surface area contributed by atoms with Gasteiger partial charge < -0.3 is 14.6 Å². The van der Waals surface area contributed by atoms with Crippen molar-refractivity contribution in [2.24, 2.45) is 0 Å². The Kier molecular flexibility index (Phi) is 5.45. The zero-order valence-corrected chi connectivity index (χ0v) is 14.7. The number of ether oxygens (including phenoxy) is 2. The van der Waals surface area contributed by atoms with E-state index in [9.17, 15) is 9.90 Å². The molecule has 0 unspecified atom stereocenters. The highest BCUT2D eigenvalue weighted by atomic mass is 79.9. The van der Waals surface area contributed by atoms with Crippen molar-refractivity contribution in [3.63, 3.8) is 0 Å².